The van der Waals surface area contributed by atoms with Gasteiger partial charge in [0, 0.05) is 0 Å². The standard InChI is InChI=1S/C64H38.C2H6/c1-3-7-53-39(5-1)21-25-57-55(53)29-31-61-59(57)27-23-41-9-11-51(37-63(41)61)49-19-17-45-33-43(13-15-47(45)35-49)44-14-16-48-36-50(20-18-46(48)34-44)52-12-10-42-24-28-60-58-26-22-40-6-2-4-8-54(40)56(58)30-32-62(60)64(42)38-52;1-2/h1-38H;1-2H3. The van der Waals surface area contributed by atoms with Gasteiger partial charge in [-0.1, -0.05) is 208 Å². The lowest BCUT2D eigenvalue weighted by Gasteiger charge is -2.12. The molecule has 14 rings (SSSR count). The summed E-state index contributed by atoms with van der Waals surface area (Å²) in [6, 6.07) is 86.3. The molecule has 0 aliphatic carbocycles. The van der Waals surface area contributed by atoms with E-state index in [1.165, 1.54) is 141 Å². The van der Waals surface area contributed by atoms with Crippen molar-refractivity contribution >= 4 is 108 Å². The first-order valence-electron chi connectivity index (χ1n) is 23.3. The quantitative estimate of drug-likeness (QED) is 0.156. The average Bonchev–Trinajstić information content (AvgIpc) is 3.39. The highest BCUT2D eigenvalue weighted by atomic mass is 14.2. The molecule has 66 heavy (non-hydrogen) atoms. The molecule has 0 saturated heterocycles. The summed E-state index contributed by atoms with van der Waals surface area (Å²) in [5.74, 6) is 0. The van der Waals surface area contributed by atoms with Crippen LogP contribution in [-0.4, -0.2) is 0 Å². The molecule has 0 nitrogen and oxygen atoms in total. The van der Waals surface area contributed by atoms with Gasteiger partial charge < -0.3 is 0 Å². The van der Waals surface area contributed by atoms with Crippen LogP contribution in [0, 0.1) is 0 Å². The Hall–Kier alpha value is -8.32. The van der Waals surface area contributed by atoms with E-state index in [1.54, 1.807) is 0 Å². The zero-order valence-electron chi connectivity index (χ0n) is 36.9. The predicted octanol–water partition coefficient (Wildman–Crippen LogP) is 19.2. The van der Waals surface area contributed by atoms with E-state index in [0.717, 1.165) is 0 Å². The first-order chi connectivity index (χ1) is 32.7. The SMILES string of the molecule is CC.c1ccc2c(c1)ccc1c2ccc2c3cc(-c4ccc5cc(-c6ccc7cc(-c8ccc9ccc%10c(ccc%11c%12ccccc%12ccc%11%10)c9c8)ccc7c6)ccc5c4)ccc3ccc21. The molecule has 0 unspecified atom stereocenters. The predicted molar refractivity (Wildman–Crippen MR) is 289 cm³/mol. The molecular formula is C66H44. The van der Waals surface area contributed by atoms with E-state index in [1.807, 2.05) is 13.8 Å². The fraction of sp³-hybridized carbons (Fsp3) is 0.0303. The van der Waals surface area contributed by atoms with Gasteiger partial charge in [0.1, 0.15) is 0 Å². The lowest BCUT2D eigenvalue weighted by atomic mass is 9.92. The minimum Gasteiger partial charge on any atom is -0.0683 e. The Morgan fingerprint density at radius 2 is 0.364 bits per heavy atom. The van der Waals surface area contributed by atoms with Crippen LogP contribution < -0.4 is 0 Å². The van der Waals surface area contributed by atoms with Gasteiger partial charge in [-0.2, -0.15) is 0 Å². The molecular weight excluding hydrogens is 793 g/mol. The maximum atomic E-state index is 2.38. The molecule has 0 heteroatoms. The van der Waals surface area contributed by atoms with Gasteiger partial charge in [0.25, 0.3) is 0 Å². The van der Waals surface area contributed by atoms with Crippen molar-refractivity contribution in [2.45, 2.75) is 13.8 Å². The molecule has 0 radical (unpaired) electrons. The van der Waals surface area contributed by atoms with Gasteiger partial charge in [-0.3, -0.25) is 0 Å². The van der Waals surface area contributed by atoms with Gasteiger partial charge in [0.05, 0.1) is 0 Å². The minimum absolute atomic E-state index is 1.23. The van der Waals surface area contributed by atoms with E-state index in [9.17, 15) is 0 Å². The molecule has 14 aromatic rings. The lowest BCUT2D eigenvalue weighted by Crippen LogP contribution is -1.85. The van der Waals surface area contributed by atoms with Crippen molar-refractivity contribution in [1.29, 1.82) is 0 Å². The molecule has 0 saturated carbocycles. The van der Waals surface area contributed by atoms with Crippen molar-refractivity contribution in [2.24, 2.45) is 0 Å². The Morgan fingerprint density at radius 3 is 0.697 bits per heavy atom. The van der Waals surface area contributed by atoms with Gasteiger partial charge in [-0.05, 0) is 178 Å². The molecule has 0 aromatic heterocycles. The normalized spacial score (nSPS) is 11.8. The molecule has 308 valence electrons. The van der Waals surface area contributed by atoms with E-state index in [2.05, 4.69) is 231 Å². The Kier molecular flexibility index (Phi) is 8.76. The second-order valence-electron chi connectivity index (χ2n) is 17.6. The smallest absolute Gasteiger partial charge is 0.00987 e. The zero-order chi connectivity index (χ0) is 43.9. The Bertz CT molecular complexity index is 4020. The van der Waals surface area contributed by atoms with Gasteiger partial charge >= 0.3 is 0 Å². The summed E-state index contributed by atoms with van der Waals surface area (Å²) in [5.41, 5.74) is 7.38. The fourth-order valence-corrected chi connectivity index (χ4v) is 10.8. The number of fused-ring (bicyclic) bond motifs is 16. The van der Waals surface area contributed by atoms with Crippen molar-refractivity contribution in [2.75, 3.05) is 0 Å². The molecule has 0 spiro atoms. The van der Waals surface area contributed by atoms with E-state index >= 15 is 0 Å². The first kappa shape index (κ1) is 38.2. The van der Waals surface area contributed by atoms with Crippen LogP contribution in [0.2, 0.25) is 0 Å². The number of benzene rings is 14. The van der Waals surface area contributed by atoms with Crippen LogP contribution in [0.5, 0.6) is 0 Å². The molecule has 0 aliphatic heterocycles. The second kappa shape index (κ2) is 15.2. The molecule has 14 aromatic carbocycles. The van der Waals surface area contributed by atoms with E-state index in [4.69, 9.17) is 0 Å². The summed E-state index contributed by atoms with van der Waals surface area (Å²) in [7, 11) is 0. The van der Waals surface area contributed by atoms with Gasteiger partial charge in [-0.25, -0.2) is 0 Å². The highest BCUT2D eigenvalue weighted by Crippen LogP contribution is 2.39. The summed E-state index contributed by atoms with van der Waals surface area (Å²) >= 11 is 0. The van der Waals surface area contributed by atoms with Crippen LogP contribution in [0.3, 0.4) is 0 Å². The van der Waals surface area contributed by atoms with E-state index in [0.29, 0.717) is 0 Å². The molecule has 0 amide bonds. The van der Waals surface area contributed by atoms with Crippen LogP contribution in [0.1, 0.15) is 13.8 Å². The summed E-state index contributed by atoms with van der Waals surface area (Å²) in [6.07, 6.45) is 0. The van der Waals surface area contributed by atoms with Crippen LogP contribution in [0.25, 0.3) is 141 Å². The van der Waals surface area contributed by atoms with Gasteiger partial charge in [0.15, 0.2) is 0 Å². The maximum absolute atomic E-state index is 2.38. The molecule has 0 bridgehead atoms. The largest absolute Gasteiger partial charge is 0.0683 e. The second-order valence-corrected chi connectivity index (χ2v) is 17.6. The Morgan fingerprint density at radius 1 is 0.152 bits per heavy atom. The first-order valence-corrected chi connectivity index (χ1v) is 23.3. The highest BCUT2D eigenvalue weighted by molar-refractivity contribution is 6.24. The summed E-state index contributed by atoms with van der Waals surface area (Å²) in [4.78, 5) is 0. The van der Waals surface area contributed by atoms with Crippen LogP contribution in [0.15, 0.2) is 231 Å². The zero-order valence-corrected chi connectivity index (χ0v) is 36.9. The van der Waals surface area contributed by atoms with E-state index < -0.39 is 0 Å². The van der Waals surface area contributed by atoms with Crippen molar-refractivity contribution < 1.29 is 0 Å². The summed E-state index contributed by atoms with van der Waals surface area (Å²) in [6.45, 7) is 4.00. The van der Waals surface area contributed by atoms with Crippen molar-refractivity contribution in [1.82, 2.24) is 0 Å². The molecule has 0 N–H and O–H groups in total. The monoisotopic (exact) mass is 836 g/mol. The van der Waals surface area contributed by atoms with E-state index in [-0.39, 0.29) is 0 Å². The molecule has 0 atom stereocenters. The fourth-order valence-electron chi connectivity index (χ4n) is 10.8. The number of hydrogen-bond donors (Lipinski definition) is 0. The highest BCUT2D eigenvalue weighted by Gasteiger charge is 2.12. The van der Waals surface area contributed by atoms with Crippen molar-refractivity contribution in [3.63, 3.8) is 0 Å². The van der Waals surface area contributed by atoms with Crippen molar-refractivity contribution in [3.05, 3.63) is 231 Å². The number of rotatable bonds is 3. The Labute approximate surface area is 383 Å². The maximum Gasteiger partial charge on any atom is -0.00987 e. The lowest BCUT2D eigenvalue weighted by molar-refractivity contribution is 1.50. The molecule has 0 fully saturated rings. The van der Waals surface area contributed by atoms with Crippen LogP contribution in [0.4, 0.5) is 0 Å². The molecule has 0 aliphatic rings. The van der Waals surface area contributed by atoms with Crippen LogP contribution in [-0.2, 0) is 0 Å². The third-order valence-corrected chi connectivity index (χ3v) is 14.2. The topological polar surface area (TPSA) is 0 Å². The van der Waals surface area contributed by atoms with Crippen LogP contribution >= 0.6 is 0 Å². The van der Waals surface area contributed by atoms with Crippen molar-refractivity contribution in [3.8, 4) is 33.4 Å². The minimum atomic E-state index is 1.23. The molecule has 0 heterocycles. The number of hydrogen-bond acceptors (Lipinski definition) is 0. The summed E-state index contributed by atoms with van der Waals surface area (Å²) in [5, 5.41) is 25.7. The van der Waals surface area contributed by atoms with Gasteiger partial charge in [0.2, 0.25) is 0 Å². The Balaban J connectivity index is 0.00000215. The third kappa shape index (κ3) is 6.06. The summed E-state index contributed by atoms with van der Waals surface area (Å²) < 4.78 is 0. The average molecular weight is 837 g/mol. The third-order valence-electron chi connectivity index (χ3n) is 14.2. The van der Waals surface area contributed by atoms with Gasteiger partial charge in [-0.15, -0.1) is 0 Å².